The van der Waals surface area contributed by atoms with E-state index in [1.54, 1.807) is 24.4 Å². The van der Waals surface area contributed by atoms with E-state index in [9.17, 15) is 23.5 Å². The first-order chi connectivity index (χ1) is 16.5. The van der Waals surface area contributed by atoms with Crippen molar-refractivity contribution in [2.75, 3.05) is 7.11 Å². The third kappa shape index (κ3) is 5.85. The zero-order chi connectivity index (χ0) is 26.4. The van der Waals surface area contributed by atoms with E-state index >= 15 is 0 Å². The van der Waals surface area contributed by atoms with Crippen LogP contribution in [-0.4, -0.2) is 34.0 Å². The average molecular weight is 508 g/mol. The fraction of sp³-hybridized carbons (Fsp3) is 0.333. The number of rotatable bonds is 7. The van der Waals surface area contributed by atoms with E-state index in [2.05, 4.69) is 11.1 Å². The average Bonchev–Trinajstić information content (AvgIpc) is 3.21. The minimum Gasteiger partial charge on any atom is -0.481 e. The minimum absolute atomic E-state index is 0.0352. The minimum atomic E-state index is -4.93. The highest BCUT2D eigenvalue weighted by Gasteiger charge is 2.54. The normalized spacial score (nSPS) is 13.4. The maximum absolute atomic E-state index is 13.2. The number of alkyl halides is 3. The van der Waals surface area contributed by atoms with Crippen LogP contribution in [0.25, 0.3) is 21.2 Å². The highest BCUT2D eigenvalue weighted by atomic mass is 32.1. The van der Waals surface area contributed by atoms with E-state index in [1.807, 2.05) is 26.0 Å². The topological polar surface area (TPSA) is 121 Å². The molecule has 0 amide bonds. The Kier molecular flexibility index (Phi) is 9.09. The summed E-state index contributed by atoms with van der Waals surface area (Å²) in [6.07, 6.45) is -3.07. The molecule has 0 spiro atoms. The molecule has 7 nitrogen and oxygen atoms in total. The summed E-state index contributed by atoms with van der Waals surface area (Å²) in [7, 11) is 1.51. The molecule has 0 aliphatic rings. The molecule has 11 heteroatoms. The van der Waals surface area contributed by atoms with Crippen LogP contribution in [0.15, 0.2) is 48.4 Å². The summed E-state index contributed by atoms with van der Waals surface area (Å²) >= 11 is 1.29. The summed E-state index contributed by atoms with van der Waals surface area (Å²) in [4.78, 5) is 4.70. The van der Waals surface area contributed by atoms with Crippen LogP contribution in [0.4, 0.5) is 13.2 Å². The molecular formula is C24H28F3N5O2S. The number of benzene rings is 1. The lowest BCUT2D eigenvalue weighted by Crippen LogP contribution is -2.49. The second kappa shape index (κ2) is 11.4. The number of pyridine rings is 1. The first kappa shape index (κ1) is 27.9. The number of hydrogen-bond acceptors (Lipinski definition) is 8. The standard InChI is InChI=1S/C22H22F3N5O2S.C2H6/c1-3-21(31,22(23,24)25)18(27)12-30(28)11-13-4-6-15-16(8-13)33-17(9-26)20(15)14-5-7-19(32-2)29-10-14;1-2/h4-8,10,12,31H,3,11,27-28H2,1-2H3;1-2H3/b18-12-;. The van der Waals surface area contributed by atoms with Crippen molar-refractivity contribution in [3.05, 3.63) is 58.9 Å². The predicted molar refractivity (Wildman–Crippen MR) is 131 cm³/mol. The molecule has 1 unspecified atom stereocenters. The number of nitrogens with zero attached hydrogens (tertiary/aromatic N) is 3. The highest BCUT2D eigenvalue weighted by molar-refractivity contribution is 7.20. The van der Waals surface area contributed by atoms with Gasteiger partial charge in [0.1, 0.15) is 10.9 Å². The van der Waals surface area contributed by atoms with Crippen LogP contribution in [0.5, 0.6) is 5.88 Å². The van der Waals surface area contributed by atoms with Crippen molar-refractivity contribution in [1.82, 2.24) is 9.99 Å². The summed E-state index contributed by atoms with van der Waals surface area (Å²) in [6, 6.07) is 11.1. The zero-order valence-electron chi connectivity index (χ0n) is 19.8. The number of nitrogens with two attached hydrogens (primary N) is 2. The lowest BCUT2D eigenvalue weighted by Gasteiger charge is -2.30. The van der Waals surface area contributed by atoms with Gasteiger partial charge in [0.25, 0.3) is 0 Å². The van der Waals surface area contributed by atoms with Gasteiger partial charge in [-0.05, 0) is 24.1 Å². The van der Waals surface area contributed by atoms with Crippen molar-refractivity contribution in [2.24, 2.45) is 11.6 Å². The molecule has 35 heavy (non-hydrogen) atoms. The van der Waals surface area contributed by atoms with Crippen LogP contribution < -0.4 is 16.3 Å². The molecule has 0 aliphatic carbocycles. The fourth-order valence-electron chi connectivity index (χ4n) is 3.36. The van der Waals surface area contributed by atoms with Crippen molar-refractivity contribution < 1.29 is 23.0 Å². The molecule has 188 valence electrons. The van der Waals surface area contributed by atoms with Crippen LogP contribution in [0.2, 0.25) is 0 Å². The third-order valence-corrected chi connectivity index (χ3v) is 6.28. The molecule has 2 heterocycles. The Morgan fingerprint density at radius 1 is 1.29 bits per heavy atom. The molecule has 0 saturated heterocycles. The molecule has 0 bridgehead atoms. The van der Waals surface area contributed by atoms with E-state index in [-0.39, 0.29) is 6.54 Å². The Hall–Kier alpha value is -3.33. The molecule has 0 aliphatic heterocycles. The summed E-state index contributed by atoms with van der Waals surface area (Å²) < 4.78 is 45.5. The molecule has 2 aromatic heterocycles. The van der Waals surface area contributed by atoms with E-state index in [0.717, 1.165) is 32.4 Å². The van der Waals surface area contributed by atoms with Crippen molar-refractivity contribution >= 4 is 21.4 Å². The Morgan fingerprint density at radius 2 is 1.97 bits per heavy atom. The van der Waals surface area contributed by atoms with Crippen molar-refractivity contribution in [1.29, 1.82) is 5.26 Å². The quantitative estimate of drug-likeness (QED) is 0.302. The molecule has 0 fully saturated rings. The number of aromatic nitrogens is 1. The number of aliphatic hydroxyl groups is 1. The lowest BCUT2D eigenvalue weighted by molar-refractivity contribution is -0.245. The monoisotopic (exact) mass is 507 g/mol. The summed E-state index contributed by atoms with van der Waals surface area (Å²) in [5.74, 6) is 6.31. The number of ether oxygens (including phenoxy) is 1. The predicted octanol–water partition coefficient (Wildman–Crippen LogP) is 5.05. The van der Waals surface area contributed by atoms with Gasteiger partial charge in [-0.1, -0.05) is 32.9 Å². The molecule has 5 N–H and O–H groups in total. The maximum atomic E-state index is 13.2. The van der Waals surface area contributed by atoms with Crippen molar-refractivity contribution in [3.8, 4) is 23.1 Å². The number of hydrogen-bond donors (Lipinski definition) is 3. The second-order valence-corrected chi connectivity index (χ2v) is 8.36. The Labute approximate surface area is 206 Å². The first-order valence-corrected chi connectivity index (χ1v) is 11.6. The first-order valence-electron chi connectivity index (χ1n) is 10.8. The number of halogens is 3. The molecule has 3 rings (SSSR count). The van der Waals surface area contributed by atoms with E-state index < -0.39 is 23.9 Å². The number of hydrazine groups is 1. The van der Waals surface area contributed by atoms with E-state index in [1.165, 1.54) is 25.4 Å². The van der Waals surface area contributed by atoms with Gasteiger partial charge in [-0.2, -0.15) is 18.4 Å². The molecule has 3 aromatic rings. The highest BCUT2D eigenvalue weighted by Crippen LogP contribution is 2.39. The van der Waals surface area contributed by atoms with Crippen LogP contribution in [0, 0.1) is 11.3 Å². The largest absolute Gasteiger partial charge is 0.481 e. The van der Waals surface area contributed by atoms with Gasteiger partial charge >= 0.3 is 6.18 Å². The van der Waals surface area contributed by atoms with Gasteiger partial charge in [-0.15, -0.1) is 11.3 Å². The molecule has 1 aromatic carbocycles. The molecular weight excluding hydrogens is 479 g/mol. The van der Waals surface area contributed by atoms with Gasteiger partial charge in [0, 0.05) is 39.7 Å². The number of nitriles is 1. The Bertz CT molecular complexity index is 1220. The number of fused-ring (bicyclic) bond motifs is 1. The van der Waals surface area contributed by atoms with Crippen LogP contribution >= 0.6 is 11.3 Å². The Morgan fingerprint density at radius 3 is 2.49 bits per heavy atom. The Balaban J connectivity index is 0.00000210. The maximum Gasteiger partial charge on any atom is 0.422 e. The van der Waals surface area contributed by atoms with Crippen molar-refractivity contribution in [3.63, 3.8) is 0 Å². The smallest absolute Gasteiger partial charge is 0.422 e. The number of thiophene rings is 1. The van der Waals surface area contributed by atoms with Gasteiger partial charge in [0.05, 0.1) is 19.4 Å². The third-order valence-electron chi connectivity index (χ3n) is 5.22. The second-order valence-electron chi connectivity index (χ2n) is 7.31. The van der Waals surface area contributed by atoms with Gasteiger partial charge in [0.15, 0.2) is 0 Å². The van der Waals surface area contributed by atoms with E-state index in [0.29, 0.717) is 16.3 Å². The molecule has 0 saturated carbocycles. The van der Waals surface area contributed by atoms with Gasteiger partial charge in [0.2, 0.25) is 11.5 Å². The lowest BCUT2D eigenvalue weighted by atomic mass is 9.96. The van der Waals surface area contributed by atoms with Gasteiger partial charge in [-0.3, -0.25) is 0 Å². The van der Waals surface area contributed by atoms with Gasteiger partial charge < -0.3 is 20.6 Å². The molecule has 0 radical (unpaired) electrons. The summed E-state index contributed by atoms with van der Waals surface area (Å²) in [5.41, 5.74) is 3.77. The fourth-order valence-corrected chi connectivity index (χ4v) is 4.45. The molecule has 1 atom stereocenters. The van der Waals surface area contributed by atoms with E-state index in [4.69, 9.17) is 16.3 Å². The number of methoxy groups -OCH3 is 1. The summed E-state index contributed by atoms with van der Waals surface area (Å²) in [6.45, 7) is 5.22. The van der Waals surface area contributed by atoms with Crippen LogP contribution in [0.3, 0.4) is 0 Å². The zero-order valence-corrected chi connectivity index (χ0v) is 20.7. The van der Waals surface area contributed by atoms with Crippen molar-refractivity contribution in [2.45, 2.75) is 45.5 Å². The SMILES string of the molecule is CC.CCC(O)(/C(N)=C/N(N)Cc1ccc2c(-c3ccc(OC)nc3)c(C#N)sc2c1)C(F)(F)F. The van der Waals surface area contributed by atoms with Crippen LogP contribution in [0.1, 0.15) is 37.6 Å². The summed E-state index contributed by atoms with van der Waals surface area (Å²) in [5, 5.41) is 21.4. The van der Waals surface area contributed by atoms with Crippen LogP contribution in [-0.2, 0) is 6.54 Å². The van der Waals surface area contributed by atoms with Gasteiger partial charge in [-0.25, -0.2) is 10.8 Å².